The molecule has 1 aromatic carbocycles. The molecule has 0 bridgehead atoms. The molecule has 2 aromatic heterocycles. The number of amides is 2. The molecule has 8 nitrogen and oxygen atoms in total. The number of hydrogen-bond donors (Lipinski definition) is 1. The van der Waals surface area contributed by atoms with Crippen molar-refractivity contribution in [1.29, 1.82) is 0 Å². The van der Waals surface area contributed by atoms with E-state index in [1.54, 1.807) is 29.2 Å². The SMILES string of the molecule is COC(=O)c1cc(-c2ccc(C(=O)NCCc3ccc(C)nc3)cn2)ccc1N(CC1CC1)C(C)=O. The maximum Gasteiger partial charge on any atom is 0.340 e. The number of esters is 1. The zero-order valence-corrected chi connectivity index (χ0v) is 20.8. The Morgan fingerprint density at radius 1 is 1.06 bits per heavy atom. The van der Waals surface area contributed by atoms with Gasteiger partial charge in [-0.15, -0.1) is 0 Å². The average Bonchev–Trinajstić information content (AvgIpc) is 3.72. The van der Waals surface area contributed by atoms with E-state index in [1.807, 2.05) is 31.3 Å². The number of aromatic nitrogens is 2. The molecule has 0 aliphatic heterocycles. The standard InChI is InChI=1S/C28H30N4O4/c1-18-4-5-20(15-30-18)12-13-29-27(34)23-8-10-25(31-16-23)22-9-11-26(24(14-22)28(35)36-3)32(19(2)33)17-21-6-7-21/h4-5,8-11,14-16,21H,6-7,12-13,17H2,1-3H3,(H,29,34). The summed E-state index contributed by atoms with van der Waals surface area (Å²) in [6.07, 6.45) is 6.18. The molecule has 1 aliphatic rings. The quantitative estimate of drug-likeness (QED) is 0.459. The lowest BCUT2D eigenvalue weighted by molar-refractivity contribution is -0.116. The van der Waals surface area contributed by atoms with Crippen LogP contribution >= 0.6 is 0 Å². The van der Waals surface area contributed by atoms with E-state index in [0.717, 1.165) is 24.1 Å². The maximum atomic E-state index is 12.6. The van der Waals surface area contributed by atoms with E-state index in [0.29, 0.717) is 53.5 Å². The highest BCUT2D eigenvalue weighted by Crippen LogP contribution is 2.34. The van der Waals surface area contributed by atoms with Crippen molar-refractivity contribution in [2.24, 2.45) is 5.92 Å². The summed E-state index contributed by atoms with van der Waals surface area (Å²) in [5.41, 5.74) is 4.58. The first-order chi connectivity index (χ1) is 17.4. The van der Waals surface area contributed by atoms with Gasteiger partial charge in [0, 0.05) is 43.7 Å². The van der Waals surface area contributed by atoms with Crippen LogP contribution in [0.15, 0.2) is 54.9 Å². The lowest BCUT2D eigenvalue weighted by Crippen LogP contribution is -2.32. The smallest absolute Gasteiger partial charge is 0.340 e. The van der Waals surface area contributed by atoms with Crippen molar-refractivity contribution in [3.8, 4) is 11.3 Å². The molecule has 1 saturated carbocycles. The van der Waals surface area contributed by atoms with Crippen molar-refractivity contribution in [1.82, 2.24) is 15.3 Å². The van der Waals surface area contributed by atoms with Crippen LogP contribution in [0.2, 0.25) is 0 Å². The van der Waals surface area contributed by atoms with E-state index in [4.69, 9.17) is 4.74 Å². The summed E-state index contributed by atoms with van der Waals surface area (Å²) in [5.74, 6) is -0.384. The van der Waals surface area contributed by atoms with Crippen LogP contribution in [-0.2, 0) is 16.0 Å². The molecule has 1 aliphatic carbocycles. The average molecular weight is 487 g/mol. The van der Waals surface area contributed by atoms with Crippen LogP contribution in [-0.4, -0.2) is 48.0 Å². The number of ether oxygens (including phenoxy) is 1. The third-order valence-electron chi connectivity index (χ3n) is 6.20. The highest BCUT2D eigenvalue weighted by molar-refractivity contribution is 6.03. The fourth-order valence-electron chi connectivity index (χ4n) is 3.93. The number of nitrogens with one attached hydrogen (secondary N) is 1. The van der Waals surface area contributed by atoms with E-state index in [2.05, 4.69) is 15.3 Å². The molecule has 2 heterocycles. The zero-order chi connectivity index (χ0) is 25.7. The minimum absolute atomic E-state index is 0.119. The van der Waals surface area contributed by atoms with Crippen LogP contribution in [0.25, 0.3) is 11.3 Å². The lowest BCUT2D eigenvalue weighted by atomic mass is 10.0. The summed E-state index contributed by atoms with van der Waals surface area (Å²) < 4.78 is 4.99. The Morgan fingerprint density at radius 2 is 1.86 bits per heavy atom. The van der Waals surface area contributed by atoms with Crippen molar-refractivity contribution in [2.75, 3.05) is 25.1 Å². The number of benzene rings is 1. The van der Waals surface area contributed by atoms with Crippen LogP contribution in [0.3, 0.4) is 0 Å². The summed E-state index contributed by atoms with van der Waals surface area (Å²) >= 11 is 0. The van der Waals surface area contributed by atoms with Crippen LogP contribution in [0.1, 0.15) is 51.7 Å². The van der Waals surface area contributed by atoms with Gasteiger partial charge in [-0.1, -0.05) is 12.1 Å². The first-order valence-corrected chi connectivity index (χ1v) is 12.0. The van der Waals surface area contributed by atoms with Gasteiger partial charge in [0.05, 0.1) is 29.6 Å². The summed E-state index contributed by atoms with van der Waals surface area (Å²) in [6.45, 7) is 4.51. The van der Waals surface area contributed by atoms with Gasteiger partial charge in [0.1, 0.15) is 0 Å². The third-order valence-corrected chi connectivity index (χ3v) is 6.20. The second-order valence-electron chi connectivity index (χ2n) is 9.04. The summed E-state index contributed by atoms with van der Waals surface area (Å²) in [7, 11) is 1.32. The van der Waals surface area contributed by atoms with E-state index in [9.17, 15) is 14.4 Å². The zero-order valence-electron chi connectivity index (χ0n) is 20.8. The van der Waals surface area contributed by atoms with Gasteiger partial charge in [-0.3, -0.25) is 19.6 Å². The molecular formula is C28H30N4O4. The van der Waals surface area contributed by atoms with Crippen LogP contribution in [0.4, 0.5) is 5.69 Å². The van der Waals surface area contributed by atoms with Crippen molar-refractivity contribution >= 4 is 23.5 Å². The summed E-state index contributed by atoms with van der Waals surface area (Å²) in [6, 6.07) is 12.6. The van der Waals surface area contributed by atoms with Gasteiger partial charge in [0.25, 0.3) is 5.91 Å². The van der Waals surface area contributed by atoms with Gasteiger partial charge in [-0.25, -0.2) is 4.79 Å². The van der Waals surface area contributed by atoms with Gasteiger partial charge in [-0.2, -0.15) is 0 Å². The number of anilines is 1. The topological polar surface area (TPSA) is 101 Å². The Balaban J connectivity index is 1.47. The Labute approximate surface area is 210 Å². The van der Waals surface area contributed by atoms with Gasteiger partial charge in [0.2, 0.25) is 5.91 Å². The van der Waals surface area contributed by atoms with Gasteiger partial charge < -0.3 is 15.0 Å². The largest absolute Gasteiger partial charge is 0.465 e. The van der Waals surface area contributed by atoms with E-state index in [-0.39, 0.29) is 11.8 Å². The van der Waals surface area contributed by atoms with E-state index in [1.165, 1.54) is 20.2 Å². The highest BCUT2D eigenvalue weighted by atomic mass is 16.5. The van der Waals surface area contributed by atoms with E-state index >= 15 is 0 Å². The lowest BCUT2D eigenvalue weighted by Gasteiger charge is -2.23. The second-order valence-corrected chi connectivity index (χ2v) is 9.04. The van der Waals surface area contributed by atoms with Gasteiger partial charge in [-0.05, 0) is 68.0 Å². The third kappa shape index (κ3) is 6.13. The first-order valence-electron chi connectivity index (χ1n) is 12.0. The molecular weight excluding hydrogens is 456 g/mol. The Hall–Kier alpha value is -4.07. The molecule has 2 amide bonds. The minimum Gasteiger partial charge on any atom is -0.465 e. The molecule has 0 radical (unpaired) electrons. The molecule has 8 heteroatoms. The molecule has 0 atom stereocenters. The fourth-order valence-corrected chi connectivity index (χ4v) is 3.93. The first kappa shape index (κ1) is 25.0. The molecule has 4 rings (SSSR count). The Kier molecular flexibility index (Phi) is 7.73. The van der Waals surface area contributed by atoms with Crippen molar-refractivity contribution in [3.05, 3.63) is 77.2 Å². The normalized spacial score (nSPS) is 12.6. The van der Waals surface area contributed by atoms with E-state index < -0.39 is 5.97 Å². The molecule has 186 valence electrons. The number of carbonyl (C=O) groups is 3. The molecule has 36 heavy (non-hydrogen) atoms. The van der Waals surface area contributed by atoms with Crippen molar-refractivity contribution < 1.29 is 19.1 Å². The van der Waals surface area contributed by atoms with Crippen LogP contribution < -0.4 is 10.2 Å². The Bertz CT molecular complexity index is 1250. The number of hydrogen-bond acceptors (Lipinski definition) is 6. The van der Waals surface area contributed by atoms with Crippen molar-refractivity contribution in [3.63, 3.8) is 0 Å². The monoisotopic (exact) mass is 486 g/mol. The number of carbonyl (C=O) groups excluding carboxylic acids is 3. The van der Waals surface area contributed by atoms with Crippen molar-refractivity contribution in [2.45, 2.75) is 33.1 Å². The van der Waals surface area contributed by atoms with Gasteiger partial charge in [0.15, 0.2) is 0 Å². The minimum atomic E-state index is -0.520. The number of rotatable bonds is 9. The predicted octanol–water partition coefficient (Wildman–Crippen LogP) is 3.97. The predicted molar refractivity (Wildman–Crippen MR) is 137 cm³/mol. The molecule has 3 aromatic rings. The number of pyridine rings is 2. The number of methoxy groups -OCH3 is 1. The summed E-state index contributed by atoms with van der Waals surface area (Å²) in [4.78, 5) is 47.8. The molecule has 0 saturated heterocycles. The molecule has 0 unspecified atom stereocenters. The Morgan fingerprint density at radius 3 is 2.47 bits per heavy atom. The second kappa shape index (κ2) is 11.1. The fraction of sp³-hybridized carbons (Fsp3) is 0.321. The van der Waals surface area contributed by atoms with Crippen LogP contribution in [0.5, 0.6) is 0 Å². The van der Waals surface area contributed by atoms with Crippen LogP contribution in [0, 0.1) is 12.8 Å². The maximum absolute atomic E-state index is 12.6. The molecule has 1 fully saturated rings. The van der Waals surface area contributed by atoms with Gasteiger partial charge >= 0.3 is 5.97 Å². The number of nitrogens with zero attached hydrogens (tertiary/aromatic N) is 3. The number of aryl methyl sites for hydroxylation is 1. The molecule has 1 N–H and O–H groups in total. The molecule has 0 spiro atoms. The summed E-state index contributed by atoms with van der Waals surface area (Å²) in [5, 5.41) is 2.90. The highest BCUT2D eigenvalue weighted by Gasteiger charge is 2.29.